The number of methoxy groups -OCH3 is 1. The number of sulfonamides is 1. The molecule has 1 aliphatic rings. The average molecular weight is 492 g/mol. The van der Waals surface area contributed by atoms with Gasteiger partial charge in [-0.05, 0) is 56.9 Å². The van der Waals surface area contributed by atoms with E-state index in [1.54, 1.807) is 35.4 Å². The van der Waals surface area contributed by atoms with Gasteiger partial charge in [0.2, 0.25) is 10.0 Å². The molecule has 186 valence electrons. The van der Waals surface area contributed by atoms with Crippen molar-refractivity contribution in [1.29, 1.82) is 0 Å². The van der Waals surface area contributed by atoms with E-state index in [-0.39, 0.29) is 23.6 Å². The van der Waals surface area contributed by atoms with Gasteiger partial charge in [0.05, 0.1) is 36.1 Å². The number of benzene rings is 1. The first kappa shape index (κ1) is 25.9. The summed E-state index contributed by atoms with van der Waals surface area (Å²) in [6.07, 6.45) is 3.05. The summed E-state index contributed by atoms with van der Waals surface area (Å²) in [6.45, 7) is 6.13. The van der Waals surface area contributed by atoms with Crippen LogP contribution >= 0.6 is 0 Å². The fourth-order valence-corrected chi connectivity index (χ4v) is 4.59. The number of likely N-dealkylation sites (tertiary alicyclic amines) is 1. The predicted molar refractivity (Wildman–Crippen MR) is 128 cm³/mol. The number of carbonyl (C=O) groups is 1. The summed E-state index contributed by atoms with van der Waals surface area (Å²) in [5.41, 5.74) is 1.53. The van der Waals surface area contributed by atoms with Crippen molar-refractivity contribution in [2.75, 3.05) is 40.0 Å². The monoisotopic (exact) mass is 491 g/mol. The molecular weight excluding hydrogens is 458 g/mol. The number of rotatable bonds is 10. The minimum Gasteiger partial charge on any atom is -0.492 e. The zero-order chi connectivity index (χ0) is 24.6. The Morgan fingerprint density at radius 3 is 2.44 bits per heavy atom. The number of hydrogen-bond donors (Lipinski definition) is 1. The molecule has 1 fully saturated rings. The van der Waals surface area contributed by atoms with E-state index in [0.29, 0.717) is 38.0 Å². The number of carbonyl (C=O) groups excluding carboxylic acids is 1. The van der Waals surface area contributed by atoms with E-state index >= 15 is 0 Å². The highest BCUT2D eigenvalue weighted by molar-refractivity contribution is 7.89. The third kappa shape index (κ3) is 7.41. The third-order valence-corrected chi connectivity index (χ3v) is 6.97. The molecule has 34 heavy (non-hydrogen) atoms. The Bertz CT molecular complexity index is 1020. The summed E-state index contributed by atoms with van der Waals surface area (Å²) < 4.78 is 43.1. The van der Waals surface area contributed by atoms with Crippen LogP contribution in [-0.2, 0) is 19.5 Å². The Labute approximate surface area is 201 Å². The molecule has 1 amide bonds. The van der Waals surface area contributed by atoms with Crippen molar-refractivity contribution >= 4 is 16.1 Å². The summed E-state index contributed by atoms with van der Waals surface area (Å²) in [5.74, 6) is 1.04. The Hall–Kier alpha value is -2.69. The molecule has 0 spiro atoms. The maximum absolute atomic E-state index is 12.3. The predicted octanol–water partition coefficient (Wildman–Crippen LogP) is 3.31. The lowest BCUT2D eigenvalue weighted by atomic mass is 9.98. The van der Waals surface area contributed by atoms with Crippen molar-refractivity contribution in [2.24, 2.45) is 5.92 Å². The number of pyridine rings is 1. The van der Waals surface area contributed by atoms with Crippen LogP contribution in [0.5, 0.6) is 5.75 Å². The number of piperidine rings is 1. The molecule has 1 aromatic heterocycles. The summed E-state index contributed by atoms with van der Waals surface area (Å²) in [7, 11) is -2.05. The summed E-state index contributed by atoms with van der Waals surface area (Å²) >= 11 is 0. The zero-order valence-electron chi connectivity index (χ0n) is 19.9. The van der Waals surface area contributed by atoms with Gasteiger partial charge in [-0.1, -0.05) is 12.1 Å². The van der Waals surface area contributed by atoms with Gasteiger partial charge in [-0.3, -0.25) is 4.98 Å². The molecule has 0 radical (unpaired) electrons. The molecule has 0 atom stereocenters. The average Bonchev–Trinajstić information content (AvgIpc) is 2.83. The number of hydrogen-bond acceptors (Lipinski definition) is 7. The van der Waals surface area contributed by atoms with Gasteiger partial charge in [0.25, 0.3) is 0 Å². The van der Waals surface area contributed by atoms with Crippen LogP contribution in [0.15, 0.2) is 47.5 Å². The molecule has 0 aliphatic carbocycles. The second-order valence-electron chi connectivity index (χ2n) is 8.47. The van der Waals surface area contributed by atoms with E-state index in [4.69, 9.17) is 14.2 Å². The lowest BCUT2D eigenvalue weighted by Crippen LogP contribution is -2.40. The summed E-state index contributed by atoms with van der Waals surface area (Å²) in [5, 5.41) is 0. The van der Waals surface area contributed by atoms with Gasteiger partial charge >= 0.3 is 6.09 Å². The smallest absolute Gasteiger partial charge is 0.410 e. The number of amides is 1. The fourth-order valence-electron chi connectivity index (χ4n) is 3.58. The maximum atomic E-state index is 12.3. The van der Waals surface area contributed by atoms with E-state index in [9.17, 15) is 13.2 Å². The van der Waals surface area contributed by atoms with Gasteiger partial charge in [-0.2, -0.15) is 0 Å². The Morgan fingerprint density at radius 2 is 1.85 bits per heavy atom. The van der Waals surface area contributed by atoms with Crippen molar-refractivity contribution < 1.29 is 27.4 Å². The molecule has 0 unspecified atom stereocenters. The first-order valence-electron chi connectivity index (χ1n) is 11.4. The lowest BCUT2D eigenvalue weighted by molar-refractivity contribution is 0.0608. The molecule has 1 saturated heterocycles. The van der Waals surface area contributed by atoms with E-state index in [2.05, 4.69) is 9.71 Å². The van der Waals surface area contributed by atoms with Gasteiger partial charge < -0.3 is 19.1 Å². The topological polar surface area (TPSA) is 107 Å². The minimum absolute atomic E-state index is 0.113. The molecule has 0 bridgehead atoms. The quantitative estimate of drug-likeness (QED) is 0.508. The van der Waals surface area contributed by atoms with Crippen LogP contribution in [0.25, 0.3) is 11.3 Å². The molecule has 1 aromatic carbocycles. The van der Waals surface area contributed by atoms with Gasteiger partial charge in [0.1, 0.15) is 5.75 Å². The summed E-state index contributed by atoms with van der Waals surface area (Å²) in [4.78, 5) is 18.4. The van der Waals surface area contributed by atoms with Crippen LogP contribution in [0.4, 0.5) is 4.79 Å². The van der Waals surface area contributed by atoms with Crippen molar-refractivity contribution in [3.63, 3.8) is 0 Å². The van der Waals surface area contributed by atoms with Gasteiger partial charge in [0, 0.05) is 32.3 Å². The molecule has 1 N–H and O–H groups in total. The molecule has 1 aliphatic heterocycles. The standard InChI is InChI=1S/C24H33N3O6S/c1-18(2)33-24(28)27-13-10-19(11-14-27)17-32-21-6-9-23(25-16-21)20-4-7-22(8-5-20)34(29,30)26-12-15-31-3/h4-9,16,18-19,26H,10-15,17H2,1-3H3. The number of aromatic nitrogens is 1. The van der Waals surface area contributed by atoms with Gasteiger partial charge in [-0.25, -0.2) is 17.9 Å². The van der Waals surface area contributed by atoms with Crippen LogP contribution in [0.2, 0.25) is 0 Å². The maximum Gasteiger partial charge on any atom is 0.410 e. The Kier molecular flexibility index (Phi) is 9.26. The number of nitrogens with one attached hydrogen (secondary N) is 1. The second-order valence-corrected chi connectivity index (χ2v) is 10.2. The number of nitrogens with zero attached hydrogens (tertiary/aromatic N) is 2. The Balaban J connectivity index is 1.49. The molecule has 3 rings (SSSR count). The Morgan fingerprint density at radius 1 is 1.15 bits per heavy atom. The molecule has 2 aromatic rings. The van der Waals surface area contributed by atoms with Crippen molar-refractivity contribution in [3.05, 3.63) is 42.6 Å². The highest BCUT2D eigenvalue weighted by atomic mass is 32.2. The third-order valence-electron chi connectivity index (χ3n) is 5.49. The first-order chi connectivity index (χ1) is 16.3. The molecule has 2 heterocycles. The first-order valence-corrected chi connectivity index (χ1v) is 12.9. The van der Waals surface area contributed by atoms with Crippen molar-refractivity contribution in [1.82, 2.24) is 14.6 Å². The van der Waals surface area contributed by atoms with Gasteiger partial charge in [0.15, 0.2) is 0 Å². The highest BCUT2D eigenvalue weighted by Gasteiger charge is 2.24. The van der Waals surface area contributed by atoms with E-state index in [1.807, 2.05) is 26.0 Å². The SMILES string of the molecule is COCCNS(=O)(=O)c1ccc(-c2ccc(OCC3CCN(C(=O)OC(C)C)CC3)cn2)cc1. The second kappa shape index (κ2) is 12.1. The van der Waals surface area contributed by atoms with Crippen LogP contribution in [0, 0.1) is 5.92 Å². The van der Waals surface area contributed by atoms with E-state index < -0.39 is 10.0 Å². The minimum atomic E-state index is -3.57. The number of ether oxygens (including phenoxy) is 3. The van der Waals surface area contributed by atoms with E-state index in [1.165, 1.54) is 7.11 Å². The normalized spacial score (nSPS) is 14.9. The van der Waals surface area contributed by atoms with Crippen LogP contribution in [-0.4, -0.2) is 70.5 Å². The van der Waals surface area contributed by atoms with Gasteiger partial charge in [-0.15, -0.1) is 0 Å². The van der Waals surface area contributed by atoms with Crippen LogP contribution in [0.3, 0.4) is 0 Å². The van der Waals surface area contributed by atoms with Crippen LogP contribution < -0.4 is 9.46 Å². The van der Waals surface area contributed by atoms with Crippen LogP contribution in [0.1, 0.15) is 26.7 Å². The largest absolute Gasteiger partial charge is 0.492 e. The molecule has 9 nitrogen and oxygen atoms in total. The highest BCUT2D eigenvalue weighted by Crippen LogP contribution is 2.23. The fraction of sp³-hybridized carbons (Fsp3) is 0.500. The molecule has 10 heteroatoms. The molecule has 0 saturated carbocycles. The lowest BCUT2D eigenvalue weighted by Gasteiger charge is -2.31. The van der Waals surface area contributed by atoms with Crippen molar-refractivity contribution in [3.8, 4) is 17.0 Å². The van der Waals surface area contributed by atoms with E-state index in [0.717, 1.165) is 24.1 Å². The van der Waals surface area contributed by atoms with Crippen molar-refractivity contribution in [2.45, 2.75) is 37.7 Å². The zero-order valence-corrected chi connectivity index (χ0v) is 20.7. The molecular formula is C24H33N3O6S. The summed E-state index contributed by atoms with van der Waals surface area (Å²) in [6, 6.07) is 10.3.